The van der Waals surface area contributed by atoms with Crippen molar-refractivity contribution in [2.75, 3.05) is 12.4 Å². The zero-order chi connectivity index (χ0) is 27.7. The molecule has 0 spiro atoms. The fourth-order valence-electron chi connectivity index (χ4n) is 5.35. The Morgan fingerprint density at radius 3 is 2.42 bits per heavy atom. The van der Waals surface area contributed by atoms with Crippen LogP contribution in [0.25, 0.3) is 11.3 Å². The summed E-state index contributed by atoms with van der Waals surface area (Å²) >= 11 is 0. The maximum absolute atomic E-state index is 14.5. The maximum Gasteiger partial charge on any atom is 0.407 e. The number of likely N-dealkylation sites (N-methyl/N-ethyl adjacent to an activating group) is 1. The molecule has 0 aliphatic heterocycles. The monoisotopic (exact) mass is 527 g/mol. The summed E-state index contributed by atoms with van der Waals surface area (Å²) in [7, 11) is 1.50. The van der Waals surface area contributed by atoms with Gasteiger partial charge in [0.05, 0.1) is 23.5 Å². The van der Waals surface area contributed by atoms with Gasteiger partial charge in [0, 0.05) is 19.3 Å². The number of nitrogens with one attached hydrogen (secondary N) is 1. The third kappa shape index (κ3) is 5.33. The summed E-state index contributed by atoms with van der Waals surface area (Å²) in [6.45, 7) is 3.43. The number of rotatable bonds is 5. The number of nitrogens with zero attached hydrogens (tertiary/aromatic N) is 3. The Labute approximate surface area is 217 Å². The van der Waals surface area contributed by atoms with Crippen molar-refractivity contribution < 1.29 is 27.9 Å². The fraction of sp³-hybridized carbons (Fsp3) is 0.333. The minimum absolute atomic E-state index is 0.0535. The molecule has 4 rings (SSSR count). The number of anilines is 1. The molecule has 0 saturated heterocycles. The van der Waals surface area contributed by atoms with Crippen LogP contribution in [0, 0.1) is 30.3 Å². The van der Waals surface area contributed by atoms with Crippen molar-refractivity contribution in [2.45, 2.75) is 44.7 Å². The normalized spacial score (nSPS) is 21.1. The smallest absolute Gasteiger partial charge is 0.407 e. The zero-order valence-corrected chi connectivity index (χ0v) is 21.1. The zero-order valence-electron chi connectivity index (χ0n) is 21.1. The highest BCUT2D eigenvalue weighted by atomic mass is 19.1. The Hall–Kier alpha value is -3.99. The summed E-state index contributed by atoms with van der Waals surface area (Å²) in [5.74, 6) is -3.82. The van der Waals surface area contributed by atoms with Crippen molar-refractivity contribution in [2.24, 2.45) is 11.7 Å². The van der Waals surface area contributed by atoms with Crippen LogP contribution in [0.4, 0.5) is 23.7 Å². The first-order valence-electron chi connectivity index (χ1n) is 12.1. The molecule has 1 aromatic carbocycles. The summed E-state index contributed by atoms with van der Waals surface area (Å²) < 4.78 is 43.5. The lowest BCUT2D eigenvalue weighted by atomic mass is 9.73. The van der Waals surface area contributed by atoms with Gasteiger partial charge < -0.3 is 21.1 Å². The number of carboxylic acid groups (broad SMARTS) is 1. The number of halogens is 3. The van der Waals surface area contributed by atoms with E-state index >= 15 is 0 Å². The summed E-state index contributed by atoms with van der Waals surface area (Å²) in [4.78, 5) is 33.8. The number of aromatic nitrogens is 2. The van der Waals surface area contributed by atoms with E-state index in [1.807, 2.05) is 6.92 Å². The number of benzene rings is 1. The molecular weight excluding hydrogens is 499 g/mol. The Morgan fingerprint density at radius 1 is 1.11 bits per heavy atom. The molecule has 1 saturated carbocycles. The number of carbonyl (C=O) groups excluding carboxylic acids is 1. The van der Waals surface area contributed by atoms with E-state index in [9.17, 15) is 27.9 Å². The maximum atomic E-state index is 14.5. The largest absolute Gasteiger partial charge is 0.465 e. The van der Waals surface area contributed by atoms with Crippen molar-refractivity contribution in [1.82, 2.24) is 14.9 Å². The number of carbonyl (C=O) groups is 2. The first-order valence-corrected chi connectivity index (χ1v) is 12.1. The third-order valence-electron chi connectivity index (χ3n) is 7.03. The topological polar surface area (TPSA) is 121 Å². The molecule has 11 heteroatoms. The van der Waals surface area contributed by atoms with Gasteiger partial charge in [0.1, 0.15) is 28.8 Å². The van der Waals surface area contributed by atoms with Crippen LogP contribution in [0.3, 0.4) is 0 Å². The van der Waals surface area contributed by atoms with Crippen LogP contribution in [0.2, 0.25) is 0 Å². The first-order chi connectivity index (χ1) is 18.0. The van der Waals surface area contributed by atoms with Gasteiger partial charge >= 0.3 is 6.09 Å². The Kier molecular flexibility index (Phi) is 7.68. The van der Waals surface area contributed by atoms with Gasteiger partial charge in [0.2, 0.25) is 0 Å². The SMILES string of the molecule is Cc1cc(F)c(-c2nc(C(=O)Nc3cnccc3[C@H]3C[C@@H](N)[C@@H](N(C)C(=O)O)[C@@H](C)C3)ccc2F)c(F)c1. The van der Waals surface area contributed by atoms with Gasteiger partial charge in [-0.05, 0) is 73.1 Å². The predicted octanol–water partition coefficient (Wildman–Crippen LogP) is 4.94. The predicted molar refractivity (Wildman–Crippen MR) is 135 cm³/mol. The average molecular weight is 528 g/mol. The number of aryl methyl sites for hydroxylation is 1. The molecule has 2 aromatic heterocycles. The van der Waals surface area contributed by atoms with Gasteiger partial charge in [-0.1, -0.05) is 6.92 Å². The second-order valence-corrected chi connectivity index (χ2v) is 9.74. The molecule has 3 aromatic rings. The lowest BCUT2D eigenvalue weighted by molar-refractivity contribution is 0.0905. The summed E-state index contributed by atoms with van der Waals surface area (Å²) in [6.07, 6.45) is 3.08. The first kappa shape index (κ1) is 27.1. The summed E-state index contributed by atoms with van der Waals surface area (Å²) in [6, 6.07) is 5.14. The van der Waals surface area contributed by atoms with Crippen molar-refractivity contribution in [1.29, 1.82) is 0 Å². The quantitative estimate of drug-likeness (QED) is 0.432. The van der Waals surface area contributed by atoms with Crippen molar-refractivity contribution >= 4 is 17.7 Å². The molecule has 0 unspecified atom stereocenters. The van der Waals surface area contributed by atoms with Crippen LogP contribution in [-0.2, 0) is 0 Å². The molecule has 200 valence electrons. The van der Waals surface area contributed by atoms with Crippen molar-refractivity contribution in [3.8, 4) is 11.3 Å². The number of nitrogens with two attached hydrogens (primary N) is 1. The molecule has 1 aliphatic rings. The Bertz CT molecular complexity index is 1350. The molecule has 0 radical (unpaired) electrons. The van der Waals surface area contributed by atoms with E-state index in [0.717, 1.165) is 29.8 Å². The molecule has 1 fully saturated rings. The van der Waals surface area contributed by atoms with Gasteiger partial charge in [0.15, 0.2) is 0 Å². The van der Waals surface area contributed by atoms with E-state index in [4.69, 9.17) is 5.73 Å². The van der Waals surface area contributed by atoms with E-state index in [2.05, 4.69) is 15.3 Å². The van der Waals surface area contributed by atoms with E-state index in [-0.39, 0.29) is 23.6 Å². The van der Waals surface area contributed by atoms with E-state index in [1.54, 1.807) is 12.3 Å². The average Bonchev–Trinajstić information content (AvgIpc) is 2.84. The van der Waals surface area contributed by atoms with Crippen molar-refractivity contribution in [3.63, 3.8) is 0 Å². The molecular formula is C27H28F3N5O3. The number of pyridine rings is 2. The minimum atomic E-state index is -1.05. The molecule has 38 heavy (non-hydrogen) atoms. The molecule has 1 aliphatic carbocycles. The van der Waals surface area contributed by atoms with E-state index < -0.39 is 46.8 Å². The lowest BCUT2D eigenvalue weighted by Gasteiger charge is -2.43. The van der Waals surface area contributed by atoms with E-state index in [1.165, 1.54) is 25.1 Å². The highest BCUT2D eigenvalue weighted by molar-refractivity contribution is 6.03. The molecule has 2 heterocycles. The van der Waals surface area contributed by atoms with Gasteiger partial charge in [-0.3, -0.25) is 9.78 Å². The lowest BCUT2D eigenvalue weighted by Crippen LogP contribution is -2.54. The van der Waals surface area contributed by atoms with Crippen LogP contribution >= 0.6 is 0 Å². The standard InChI is InChI=1S/C27H28F3N5O3/c1-13-8-18(29)23(19(30)9-13)24-17(28)4-5-21(33-24)26(36)34-22-12-32-7-6-16(22)15-10-14(2)25(20(31)11-15)35(3)27(37)38/h4-9,12,14-15,20,25H,10-11,31H2,1-3H3,(H,34,36)(H,37,38)/t14-,15+,20+,25-/m0/s1. The van der Waals surface area contributed by atoms with Gasteiger partial charge in [-0.25, -0.2) is 22.9 Å². The number of amides is 2. The van der Waals surface area contributed by atoms with Gasteiger partial charge in [0.25, 0.3) is 5.91 Å². The Balaban J connectivity index is 1.60. The third-order valence-corrected chi connectivity index (χ3v) is 7.03. The van der Waals surface area contributed by atoms with Crippen LogP contribution < -0.4 is 11.1 Å². The van der Waals surface area contributed by atoms with Gasteiger partial charge in [-0.15, -0.1) is 0 Å². The molecule has 0 bridgehead atoms. The number of hydrogen-bond donors (Lipinski definition) is 3. The van der Waals surface area contributed by atoms with Crippen LogP contribution in [0.15, 0.2) is 42.7 Å². The Morgan fingerprint density at radius 2 is 1.79 bits per heavy atom. The molecule has 4 N–H and O–H groups in total. The van der Waals surface area contributed by atoms with Crippen LogP contribution in [0.1, 0.15) is 47.3 Å². The molecule has 2 amide bonds. The molecule has 4 atom stereocenters. The summed E-state index contributed by atoms with van der Waals surface area (Å²) in [5.41, 5.74) is 6.33. The fourth-order valence-corrected chi connectivity index (χ4v) is 5.35. The second-order valence-electron chi connectivity index (χ2n) is 9.74. The number of hydrogen-bond acceptors (Lipinski definition) is 5. The van der Waals surface area contributed by atoms with Crippen LogP contribution in [0.5, 0.6) is 0 Å². The molecule has 8 nitrogen and oxygen atoms in total. The van der Waals surface area contributed by atoms with Crippen molar-refractivity contribution in [3.05, 3.63) is 77.0 Å². The highest BCUT2D eigenvalue weighted by Gasteiger charge is 2.39. The van der Waals surface area contributed by atoms with Gasteiger partial charge in [-0.2, -0.15) is 0 Å². The van der Waals surface area contributed by atoms with Crippen LogP contribution in [-0.4, -0.2) is 51.1 Å². The minimum Gasteiger partial charge on any atom is -0.465 e. The van der Waals surface area contributed by atoms with E-state index in [0.29, 0.717) is 24.1 Å². The second kappa shape index (κ2) is 10.8. The summed E-state index contributed by atoms with van der Waals surface area (Å²) in [5, 5.41) is 12.1. The highest BCUT2D eigenvalue weighted by Crippen LogP contribution is 2.40.